The van der Waals surface area contributed by atoms with Crippen LogP contribution in [-0.2, 0) is 6.54 Å². The fourth-order valence-corrected chi connectivity index (χ4v) is 2.26. The molecule has 4 nitrogen and oxygen atoms in total. The highest BCUT2D eigenvalue weighted by Gasteiger charge is 2.16. The molecule has 0 aliphatic carbocycles. The van der Waals surface area contributed by atoms with Crippen molar-refractivity contribution in [3.05, 3.63) is 68.2 Å². The van der Waals surface area contributed by atoms with Gasteiger partial charge < -0.3 is 5.32 Å². The summed E-state index contributed by atoms with van der Waals surface area (Å²) < 4.78 is 0. The summed E-state index contributed by atoms with van der Waals surface area (Å²) in [5, 5.41) is 14.6. The lowest BCUT2D eigenvalue weighted by molar-refractivity contribution is -0.385. The highest BCUT2D eigenvalue weighted by Crippen LogP contribution is 2.28. The van der Waals surface area contributed by atoms with Crippen LogP contribution < -0.4 is 5.32 Å². The Balaban J connectivity index is 2.27. The predicted molar refractivity (Wildman–Crippen MR) is 81.3 cm³/mol. The van der Waals surface area contributed by atoms with Crippen molar-refractivity contribution < 1.29 is 4.92 Å². The van der Waals surface area contributed by atoms with Crippen molar-refractivity contribution in [1.29, 1.82) is 0 Å². The molecule has 0 aromatic heterocycles. The maximum Gasteiger partial charge on any atom is 0.275 e. The molecular weight excluding hydrogens is 276 g/mol. The van der Waals surface area contributed by atoms with E-state index < -0.39 is 4.92 Å². The average Bonchev–Trinajstić information content (AvgIpc) is 2.41. The van der Waals surface area contributed by atoms with Crippen LogP contribution in [0.5, 0.6) is 0 Å². The number of nitrogens with one attached hydrogen (secondary N) is 1. The molecule has 2 aromatic carbocycles. The van der Waals surface area contributed by atoms with E-state index in [-0.39, 0.29) is 5.69 Å². The van der Waals surface area contributed by atoms with Crippen LogP contribution in [0.25, 0.3) is 0 Å². The van der Waals surface area contributed by atoms with E-state index in [1.165, 1.54) is 11.6 Å². The molecular formula is C15H15ClN2O2. The second kappa shape index (κ2) is 5.92. The Hall–Kier alpha value is -2.07. The molecule has 104 valence electrons. The lowest BCUT2D eigenvalue weighted by Crippen LogP contribution is -2.05. The van der Waals surface area contributed by atoms with Gasteiger partial charge in [0, 0.05) is 18.3 Å². The summed E-state index contributed by atoms with van der Waals surface area (Å²) in [6.07, 6.45) is 0. The summed E-state index contributed by atoms with van der Waals surface area (Å²) in [4.78, 5) is 10.6. The minimum absolute atomic E-state index is 0.0373. The molecule has 20 heavy (non-hydrogen) atoms. The van der Waals surface area contributed by atoms with E-state index in [4.69, 9.17) is 11.6 Å². The fourth-order valence-electron chi connectivity index (χ4n) is 2.02. The van der Waals surface area contributed by atoms with Crippen molar-refractivity contribution in [3.8, 4) is 0 Å². The summed E-state index contributed by atoms with van der Waals surface area (Å²) in [6.45, 7) is 4.36. The van der Waals surface area contributed by atoms with Gasteiger partial charge in [0.1, 0.15) is 0 Å². The highest BCUT2D eigenvalue weighted by atomic mass is 35.5. The molecule has 0 radical (unpaired) electrons. The quantitative estimate of drug-likeness (QED) is 0.667. The smallest absolute Gasteiger partial charge is 0.275 e. The molecule has 0 fully saturated rings. The molecule has 0 saturated carbocycles. The lowest BCUT2D eigenvalue weighted by Gasteiger charge is -2.12. The van der Waals surface area contributed by atoms with Crippen LogP contribution in [0.15, 0.2) is 36.4 Å². The molecule has 0 bridgehead atoms. The molecule has 0 spiro atoms. The summed E-state index contributed by atoms with van der Waals surface area (Å²) in [5.41, 5.74) is 3.79. The number of aryl methyl sites for hydroxylation is 1. The summed E-state index contributed by atoms with van der Waals surface area (Å²) in [6, 6.07) is 10.6. The molecule has 0 aliphatic rings. The molecule has 1 N–H and O–H groups in total. The van der Waals surface area contributed by atoms with Crippen LogP contribution in [0.2, 0.25) is 5.02 Å². The molecule has 2 aromatic rings. The van der Waals surface area contributed by atoms with Crippen LogP contribution in [0.1, 0.15) is 16.7 Å². The van der Waals surface area contributed by atoms with Crippen LogP contribution in [0.4, 0.5) is 11.4 Å². The topological polar surface area (TPSA) is 55.2 Å². The van der Waals surface area contributed by atoms with E-state index in [0.717, 1.165) is 11.3 Å². The Morgan fingerprint density at radius 3 is 2.60 bits per heavy atom. The second-order valence-corrected chi connectivity index (χ2v) is 5.00. The monoisotopic (exact) mass is 290 g/mol. The number of nitro benzene ring substituents is 1. The van der Waals surface area contributed by atoms with Gasteiger partial charge >= 0.3 is 0 Å². The van der Waals surface area contributed by atoms with Gasteiger partial charge in [-0.2, -0.15) is 0 Å². The number of hydrogen-bond donors (Lipinski definition) is 1. The SMILES string of the molecule is Cc1cccc(NCc2c(Cl)cccc2[N+](=O)[O-])c1C. The Bertz CT molecular complexity index is 656. The fraction of sp³-hybridized carbons (Fsp3) is 0.200. The maximum absolute atomic E-state index is 11.0. The first-order valence-corrected chi connectivity index (χ1v) is 6.60. The Kier molecular flexibility index (Phi) is 4.25. The van der Waals surface area contributed by atoms with E-state index in [1.807, 2.05) is 32.0 Å². The van der Waals surface area contributed by atoms with Gasteiger partial charge in [-0.25, -0.2) is 0 Å². The van der Waals surface area contributed by atoms with E-state index in [2.05, 4.69) is 5.32 Å². The largest absolute Gasteiger partial charge is 0.380 e. The standard InChI is InChI=1S/C15H15ClN2O2/c1-10-5-3-7-14(11(10)2)17-9-12-13(16)6-4-8-15(12)18(19)20/h3-8,17H,9H2,1-2H3. The number of benzene rings is 2. The first-order valence-electron chi connectivity index (χ1n) is 6.22. The van der Waals surface area contributed by atoms with Crippen molar-refractivity contribution in [2.45, 2.75) is 20.4 Å². The van der Waals surface area contributed by atoms with Crippen molar-refractivity contribution in [1.82, 2.24) is 0 Å². The second-order valence-electron chi connectivity index (χ2n) is 4.60. The predicted octanol–water partition coefficient (Wildman–Crippen LogP) is 4.48. The molecule has 5 heteroatoms. The third-order valence-electron chi connectivity index (χ3n) is 3.35. The zero-order valence-electron chi connectivity index (χ0n) is 11.3. The zero-order chi connectivity index (χ0) is 14.7. The number of nitro groups is 1. The van der Waals surface area contributed by atoms with Gasteiger partial charge in [-0.15, -0.1) is 0 Å². The van der Waals surface area contributed by atoms with Crippen molar-refractivity contribution in [3.63, 3.8) is 0 Å². The average molecular weight is 291 g/mol. The molecule has 0 unspecified atom stereocenters. The first-order chi connectivity index (χ1) is 9.50. The number of nitrogens with zero attached hydrogens (tertiary/aromatic N) is 1. The lowest BCUT2D eigenvalue weighted by atomic mass is 10.1. The number of rotatable bonds is 4. The van der Waals surface area contributed by atoms with Crippen LogP contribution in [0, 0.1) is 24.0 Å². The molecule has 0 amide bonds. The third-order valence-corrected chi connectivity index (χ3v) is 3.71. The zero-order valence-corrected chi connectivity index (χ0v) is 12.1. The van der Waals surface area contributed by atoms with Crippen molar-refractivity contribution >= 4 is 23.0 Å². The van der Waals surface area contributed by atoms with Crippen molar-refractivity contribution in [2.24, 2.45) is 0 Å². The highest BCUT2D eigenvalue weighted by molar-refractivity contribution is 6.31. The molecule has 0 saturated heterocycles. The van der Waals surface area contributed by atoms with Gasteiger partial charge in [0.15, 0.2) is 0 Å². The van der Waals surface area contributed by atoms with E-state index in [1.54, 1.807) is 12.1 Å². The van der Waals surface area contributed by atoms with E-state index in [0.29, 0.717) is 17.1 Å². The van der Waals surface area contributed by atoms with Crippen LogP contribution in [0.3, 0.4) is 0 Å². The van der Waals surface area contributed by atoms with Gasteiger partial charge in [0.2, 0.25) is 0 Å². The normalized spacial score (nSPS) is 10.3. The minimum atomic E-state index is -0.411. The van der Waals surface area contributed by atoms with Gasteiger partial charge in [0.25, 0.3) is 5.69 Å². The van der Waals surface area contributed by atoms with E-state index >= 15 is 0 Å². The van der Waals surface area contributed by atoms with Crippen molar-refractivity contribution in [2.75, 3.05) is 5.32 Å². The van der Waals surface area contributed by atoms with Crippen LogP contribution >= 0.6 is 11.6 Å². The molecule has 0 aliphatic heterocycles. The number of hydrogen-bond acceptors (Lipinski definition) is 3. The Morgan fingerprint density at radius 1 is 1.20 bits per heavy atom. The summed E-state index contributed by atoms with van der Waals surface area (Å²) >= 11 is 6.07. The minimum Gasteiger partial charge on any atom is -0.380 e. The Morgan fingerprint density at radius 2 is 1.90 bits per heavy atom. The van der Waals surface area contributed by atoms with Gasteiger partial charge in [0.05, 0.1) is 15.5 Å². The van der Waals surface area contributed by atoms with Crippen LogP contribution in [-0.4, -0.2) is 4.92 Å². The molecule has 0 heterocycles. The Labute approximate surface area is 122 Å². The van der Waals surface area contributed by atoms with Gasteiger partial charge in [-0.1, -0.05) is 29.8 Å². The van der Waals surface area contributed by atoms with Gasteiger partial charge in [-0.3, -0.25) is 10.1 Å². The summed E-state index contributed by atoms with van der Waals surface area (Å²) in [7, 11) is 0. The molecule has 0 atom stereocenters. The summed E-state index contributed by atoms with van der Waals surface area (Å²) in [5.74, 6) is 0. The third kappa shape index (κ3) is 2.91. The first kappa shape index (κ1) is 14.3. The number of halogens is 1. The van der Waals surface area contributed by atoms with Gasteiger partial charge in [-0.05, 0) is 37.1 Å². The van der Waals surface area contributed by atoms with E-state index in [9.17, 15) is 10.1 Å². The maximum atomic E-state index is 11.0. The number of anilines is 1. The molecule has 2 rings (SSSR count).